The van der Waals surface area contributed by atoms with Crippen LogP contribution in [-0.4, -0.2) is 110 Å². The number of anilines is 1. The van der Waals surface area contributed by atoms with Gasteiger partial charge in [0.1, 0.15) is 47.9 Å². The van der Waals surface area contributed by atoms with Gasteiger partial charge in [-0.3, -0.25) is 22.9 Å². The van der Waals surface area contributed by atoms with Crippen molar-refractivity contribution in [1.29, 1.82) is 0 Å². The summed E-state index contributed by atoms with van der Waals surface area (Å²) in [4.78, 5) is 61.9. The van der Waals surface area contributed by atoms with Crippen LogP contribution in [0.15, 0.2) is 37.2 Å². The van der Waals surface area contributed by atoms with Crippen molar-refractivity contribution in [2.45, 2.75) is 49.1 Å². The van der Waals surface area contributed by atoms with E-state index in [1.54, 1.807) is 0 Å². The van der Waals surface area contributed by atoms with Gasteiger partial charge in [0.2, 0.25) is 0 Å². The molecule has 10 atom stereocenters. The zero-order chi connectivity index (χ0) is 35.2. The van der Waals surface area contributed by atoms with Crippen LogP contribution in [0.3, 0.4) is 0 Å². The van der Waals surface area contributed by atoms with Crippen molar-refractivity contribution in [2.24, 2.45) is 5.73 Å². The zero-order valence-corrected chi connectivity index (χ0v) is 26.6. The number of aromatic nitrogens is 5. The van der Waals surface area contributed by atoms with Crippen LogP contribution >= 0.6 is 23.5 Å². The lowest BCUT2D eigenvalue weighted by atomic mass is 10.1. The number of hydrogen-bond acceptors (Lipinski definition) is 17. The molecule has 48 heavy (non-hydrogen) atoms. The van der Waals surface area contributed by atoms with E-state index in [2.05, 4.69) is 28.3 Å². The molecule has 0 aliphatic carbocycles. The molecule has 264 valence electrons. The van der Waals surface area contributed by atoms with Gasteiger partial charge in [-0.15, -0.1) is 0 Å². The zero-order valence-electron chi connectivity index (χ0n) is 23.9. The van der Waals surface area contributed by atoms with Crippen LogP contribution in [0.5, 0.6) is 0 Å². The summed E-state index contributed by atoms with van der Waals surface area (Å²) < 4.78 is 67.6. The van der Waals surface area contributed by atoms with Crippen LogP contribution in [-0.2, 0) is 41.1 Å². The number of nitrogens with zero attached hydrogens (tertiary/aromatic N) is 5. The third kappa shape index (κ3) is 8.46. The topological polar surface area (TPSA) is 368 Å². The van der Waals surface area contributed by atoms with Crippen molar-refractivity contribution in [3.8, 4) is 0 Å². The molecule has 0 spiro atoms. The summed E-state index contributed by atoms with van der Waals surface area (Å²) in [7, 11) is -16.1. The number of imidazole rings is 1. The van der Waals surface area contributed by atoms with Gasteiger partial charge in [0.05, 0.1) is 19.5 Å². The molecule has 2 aliphatic rings. The van der Waals surface area contributed by atoms with Gasteiger partial charge < -0.3 is 55.8 Å². The number of phosphoric ester groups is 3. The highest BCUT2D eigenvalue weighted by atomic mass is 31.3. The summed E-state index contributed by atoms with van der Waals surface area (Å²) in [5.41, 5.74) is 11.0. The predicted molar refractivity (Wildman–Crippen MR) is 150 cm³/mol. The molecule has 0 radical (unpaired) electrons. The number of rotatable bonds is 15. The third-order valence-corrected chi connectivity index (χ3v) is 10.0. The third-order valence-electron chi connectivity index (χ3n) is 6.92. The molecule has 5 heterocycles. The molecule has 24 nitrogen and oxygen atoms in total. The van der Waals surface area contributed by atoms with Gasteiger partial charge in [0.15, 0.2) is 36.2 Å². The summed E-state index contributed by atoms with van der Waals surface area (Å²) in [6, 6.07) is 2.80. The van der Waals surface area contributed by atoms with Crippen LogP contribution in [0, 0.1) is 0 Å². The molecular formula is C21H29N7O17P3+. The maximum absolute atomic E-state index is 12.4. The Hall–Kier alpha value is -2.86. The lowest BCUT2D eigenvalue weighted by Crippen LogP contribution is -2.46. The number of aliphatic hydroxyl groups excluding tert-OH is 3. The van der Waals surface area contributed by atoms with Crippen molar-refractivity contribution in [3.05, 3.63) is 42.7 Å². The number of nitrogen functional groups attached to an aromatic ring is 1. The lowest BCUT2D eigenvalue weighted by Gasteiger charge is -2.23. The Bertz CT molecular complexity index is 1810. The van der Waals surface area contributed by atoms with Gasteiger partial charge in [-0.05, 0) is 6.07 Å². The minimum atomic E-state index is -5.42. The average Bonchev–Trinajstić information content (AvgIpc) is 3.54. The molecule has 2 saturated heterocycles. The molecule has 0 saturated carbocycles. The Morgan fingerprint density at radius 3 is 2.33 bits per heavy atom. The Labute approximate surface area is 267 Å². The second-order valence-electron chi connectivity index (χ2n) is 10.3. The number of pyridine rings is 1. The van der Waals surface area contributed by atoms with E-state index in [-0.39, 0.29) is 22.5 Å². The van der Waals surface area contributed by atoms with Crippen molar-refractivity contribution in [3.63, 3.8) is 0 Å². The first-order valence-corrected chi connectivity index (χ1v) is 17.9. The summed E-state index contributed by atoms with van der Waals surface area (Å²) in [6.07, 6.45) is -7.75. The predicted octanol–water partition coefficient (Wildman–Crippen LogP) is -2.90. The monoisotopic (exact) mass is 744 g/mol. The van der Waals surface area contributed by atoms with E-state index in [1.165, 1.54) is 29.1 Å². The standard InChI is InChI=1S/C21H28N7O17P3/c22-17-12-19(25-7-24-17)28(8-26-12)20(32)16(44-46(33,34)35)15-11(42-15)6-41-48(38,39)45-47(36,37)40-5-10-13(29)14(30)21(43-10)27-3-1-2-9(4-27)18(23)31/h1-4,7-8,10-11,13-16,20-21,29-30,32H,5-6H2,(H7-,22,23,24,25,31,33,34,35,36,37,38,39)/p+1/t10-,11-,13?,14+,15+,16+,20+,21+/m0/s1. The Balaban J connectivity index is 1.16. The Kier molecular flexibility index (Phi) is 10.5. The average molecular weight is 744 g/mol. The second kappa shape index (κ2) is 13.8. The van der Waals surface area contributed by atoms with Gasteiger partial charge in [-0.25, -0.2) is 28.6 Å². The van der Waals surface area contributed by atoms with Gasteiger partial charge in [-0.2, -0.15) is 8.88 Å². The molecule has 3 aromatic heterocycles. The molecule has 5 rings (SSSR count). The molecule has 1 amide bonds. The van der Waals surface area contributed by atoms with E-state index < -0.39 is 91.7 Å². The highest BCUT2D eigenvalue weighted by Crippen LogP contribution is 2.61. The van der Waals surface area contributed by atoms with Crippen molar-refractivity contribution >= 4 is 46.4 Å². The normalized spacial score (nSPS) is 28.1. The minimum Gasteiger partial charge on any atom is -0.387 e. The molecule has 27 heteroatoms. The number of aliphatic hydroxyl groups is 3. The SMILES string of the molecule is NC(=O)c1ccc[n+]([C@@H]2O[C@@H](COP(=O)(O)OP(=O)(O)OC[C@@H]3O[C@H]3[C@@H](OP(=O)(O)O)[C@@H](O)n3cnc4c(N)ncnc43)C(O)[C@H]2O)c1. The number of fused-ring (bicyclic) bond motifs is 1. The van der Waals surface area contributed by atoms with Gasteiger partial charge in [0, 0.05) is 6.07 Å². The highest BCUT2D eigenvalue weighted by Gasteiger charge is 2.53. The summed E-state index contributed by atoms with van der Waals surface area (Å²) >= 11 is 0. The van der Waals surface area contributed by atoms with E-state index >= 15 is 0 Å². The fourth-order valence-corrected chi connectivity index (χ4v) is 7.30. The van der Waals surface area contributed by atoms with Crippen molar-refractivity contribution in [2.75, 3.05) is 18.9 Å². The molecule has 0 bridgehead atoms. The maximum Gasteiger partial charge on any atom is 0.481 e. The number of ether oxygens (including phenoxy) is 2. The van der Waals surface area contributed by atoms with Crippen LogP contribution in [0.2, 0.25) is 0 Å². The number of amides is 1. The van der Waals surface area contributed by atoms with Gasteiger partial charge >= 0.3 is 23.5 Å². The molecule has 11 N–H and O–H groups in total. The number of carbonyl (C=O) groups is 1. The molecular weight excluding hydrogens is 715 g/mol. The van der Waals surface area contributed by atoms with E-state index in [0.29, 0.717) is 0 Å². The largest absolute Gasteiger partial charge is 0.481 e. The molecule has 0 aromatic carbocycles. The smallest absolute Gasteiger partial charge is 0.387 e. The first-order chi connectivity index (χ1) is 22.4. The minimum absolute atomic E-state index is 0.0358. The van der Waals surface area contributed by atoms with E-state index in [0.717, 1.165) is 17.2 Å². The maximum atomic E-state index is 12.4. The number of nitrogens with two attached hydrogens (primary N) is 2. The fourth-order valence-electron chi connectivity index (χ4n) is 4.67. The van der Waals surface area contributed by atoms with Crippen LogP contribution in [0.1, 0.15) is 22.8 Å². The first-order valence-electron chi connectivity index (χ1n) is 13.3. The molecule has 2 fully saturated rings. The number of hydrogen-bond donors (Lipinski definition) is 9. The molecule has 3 aromatic rings. The summed E-state index contributed by atoms with van der Waals surface area (Å²) in [6.45, 7) is -1.82. The number of epoxide rings is 1. The molecule has 2 aliphatic heterocycles. The van der Waals surface area contributed by atoms with Gasteiger partial charge in [-0.1, -0.05) is 0 Å². The second-order valence-corrected chi connectivity index (χ2v) is 14.5. The Morgan fingerprint density at radius 2 is 1.69 bits per heavy atom. The van der Waals surface area contributed by atoms with Crippen LogP contribution in [0.25, 0.3) is 11.2 Å². The fraction of sp³-hybridized carbons (Fsp3) is 0.476. The first kappa shape index (κ1) is 36.4. The number of phosphoric acid groups is 3. The highest BCUT2D eigenvalue weighted by molar-refractivity contribution is 7.61. The van der Waals surface area contributed by atoms with Crippen molar-refractivity contribution in [1.82, 2.24) is 19.5 Å². The Morgan fingerprint density at radius 1 is 1.02 bits per heavy atom. The van der Waals surface area contributed by atoms with Crippen molar-refractivity contribution < 1.29 is 85.3 Å². The van der Waals surface area contributed by atoms with Crippen LogP contribution < -0.4 is 16.0 Å². The molecule has 3 unspecified atom stereocenters. The van der Waals surface area contributed by atoms with Gasteiger partial charge in [0.25, 0.3) is 12.1 Å². The van der Waals surface area contributed by atoms with E-state index in [1.807, 2.05) is 0 Å². The van der Waals surface area contributed by atoms with E-state index in [4.69, 9.17) is 25.5 Å². The number of primary amides is 1. The van der Waals surface area contributed by atoms with E-state index in [9.17, 15) is 53.4 Å². The number of carbonyl (C=O) groups excluding carboxylic acids is 1. The summed E-state index contributed by atoms with van der Waals surface area (Å²) in [5, 5.41) is 31.6. The lowest BCUT2D eigenvalue weighted by molar-refractivity contribution is -0.765. The quantitative estimate of drug-likeness (QED) is 0.0428. The van der Waals surface area contributed by atoms with Crippen LogP contribution in [0.4, 0.5) is 5.82 Å². The summed E-state index contributed by atoms with van der Waals surface area (Å²) in [5.74, 6) is -0.845.